The van der Waals surface area contributed by atoms with Crippen LogP contribution in [0.15, 0.2) is 12.4 Å². The number of unbranched alkanes of at least 4 members (excludes halogenated alkanes) is 1. The van der Waals surface area contributed by atoms with E-state index in [1.165, 1.54) is 18.4 Å². The molecule has 1 N–H and O–H groups in total. The monoisotopic (exact) mass is 167 g/mol. The SMILES string of the molecule is CNCCCCc1cnn(C)c1. The molecule has 0 radical (unpaired) electrons. The number of hydrogen-bond donors (Lipinski definition) is 1. The summed E-state index contributed by atoms with van der Waals surface area (Å²) in [6, 6.07) is 0. The number of hydrogen-bond acceptors (Lipinski definition) is 2. The molecule has 1 aromatic rings. The maximum absolute atomic E-state index is 4.12. The molecule has 12 heavy (non-hydrogen) atoms. The van der Waals surface area contributed by atoms with Crippen LogP contribution in [0.3, 0.4) is 0 Å². The predicted octanol–water partition coefficient (Wildman–Crippen LogP) is 0.962. The molecule has 0 fully saturated rings. The number of nitrogens with zero attached hydrogens (tertiary/aromatic N) is 2. The van der Waals surface area contributed by atoms with Crippen LogP contribution in [0.1, 0.15) is 18.4 Å². The summed E-state index contributed by atoms with van der Waals surface area (Å²) in [6.07, 6.45) is 7.66. The summed E-state index contributed by atoms with van der Waals surface area (Å²) in [7, 11) is 3.95. The van der Waals surface area contributed by atoms with Crippen LogP contribution in [0.5, 0.6) is 0 Å². The number of aryl methyl sites for hydroxylation is 2. The van der Waals surface area contributed by atoms with Crippen LogP contribution in [-0.4, -0.2) is 23.4 Å². The molecular weight excluding hydrogens is 150 g/mol. The number of rotatable bonds is 5. The minimum Gasteiger partial charge on any atom is -0.320 e. The quantitative estimate of drug-likeness (QED) is 0.662. The van der Waals surface area contributed by atoms with Gasteiger partial charge in [0.05, 0.1) is 6.20 Å². The van der Waals surface area contributed by atoms with Gasteiger partial charge in [-0.2, -0.15) is 5.10 Å². The lowest BCUT2D eigenvalue weighted by atomic mass is 10.1. The highest BCUT2D eigenvalue weighted by Crippen LogP contribution is 2.02. The Morgan fingerprint density at radius 3 is 2.92 bits per heavy atom. The van der Waals surface area contributed by atoms with Gasteiger partial charge in [0.2, 0.25) is 0 Å². The fourth-order valence-corrected chi connectivity index (χ4v) is 1.23. The van der Waals surface area contributed by atoms with Gasteiger partial charge in [0.15, 0.2) is 0 Å². The molecule has 0 aliphatic rings. The van der Waals surface area contributed by atoms with Crippen molar-refractivity contribution in [3.05, 3.63) is 18.0 Å². The minimum absolute atomic E-state index is 1.11. The summed E-state index contributed by atoms with van der Waals surface area (Å²) in [6.45, 7) is 1.11. The third-order valence-corrected chi connectivity index (χ3v) is 1.90. The van der Waals surface area contributed by atoms with Crippen LogP contribution in [0.2, 0.25) is 0 Å². The van der Waals surface area contributed by atoms with Crippen LogP contribution in [-0.2, 0) is 13.5 Å². The van der Waals surface area contributed by atoms with Gasteiger partial charge in [-0.3, -0.25) is 4.68 Å². The third kappa shape index (κ3) is 3.05. The van der Waals surface area contributed by atoms with Crippen molar-refractivity contribution in [3.63, 3.8) is 0 Å². The van der Waals surface area contributed by atoms with Crippen molar-refractivity contribution in [2.75, 3.05) is 13.6 Å². The molecule has 68 valence electrons. The summed E-state index contributed by atoms with van der Waals surface area (Å²) in [5.74, 6) is 0. The highest BCUT2D eigenvalue weighted by molar-refractivity contribution is 5.03. The molecule has 0 amide bonds. The molecule has 3 heteroatoms. The second kappa shape index (κ2) is 4.93. The lowest BCUT2D eigenvalue weighted by Gasteiger charge is -1.97. The number of nitrogens with one attached hydrogen (secondary N) is 1. The topological polar surface area (TPSA) is 29.9 Å². The van der Waals surface area contributed by atoms with Gasteiger partial charge < -0.3 is 5.32 Å². The lowest BCUT2D eigenvalue weighted by molar-refractivity contribution is 0.676. The molecule has 0 aliphatic heterocycles. The maximum atomic E-state index is 4.12. The molecule has 0 aliphatic carbocycles. The smallest absolute Gasteiger partial charge is 0.0521 e. The van der Waals surface area contributed by atoms with Crippen LogP contribution >= 0.6 is 0 Å². The van der Waals surface area contributed by atoms with Gasteiger partial charge in [0, 0.05) is 13.2 Å². The normalized spacial score (nSPS) is 10.5. The molecule has 0 atom stereocenters. The first-order valence-electron chi connectivity index (χ1n) is 4.45. The van der Waals surface area contributed by atoms with Gasteiger partial charge in [0.1, 0.15) is 0 Å². The Bertz CT molecular complexity index is 217. The van der Waals surface area contributed by atoms with E-state index < -0.39 is 0 Å². The Hall–Kier alpha value is -0.830. The Morgan fingerprint density at radius 1 is 1.50 bits per heavy atom. The predicted molar refractivity (Wildman–Crippen MR) is 50.1 cm³/mol. The van der Waals surface area contributed by atoms with E-state index in [9.17, 15) is 0 Å². The van der Waals surface area contributed by atoms with Crippen LogP contribution in [0, 0.1) is 0 Å². The molecule has 3 nitrogen and oxygen atoms in total. The fraction of sp³-hybridized carbons (Fsp3) is 0.667. The van der Waals surface area contributed by atoms with Crippen molar-refractivity contribution in [3.8, 4) is 0 Å². The standard InChI is InChI=1S/C9H17N3/c1-10-6-4-3-5-9-7-11-12(2)8-9/h7-8,10H,3-6H2,1-2H3. The van der Waals surface area contributed by atoms with E-state index in [0.717, 1.165) is 13.0 Å². The van der Waals surface area contributed by atoms with Gasteiger partial charge in [-0.05, 0) is 38.4 Å². The van der Waals surface area contributed by atoms with Crippen LogP contribution in [0.25, 0.3) is 0 Å². The summed E-state index contributed by atoms with van der Waals surface area (Å²) in [5, 5.41) is 7.25. The molecule has 0 spiro atoms. The summed E-state index contributed by atoms with van der Waals surface area (Å²) in [4.78, 5) is 0. The summed E-state index contributed by atoms with van der Waals surface area (Å²) >= 11 is 0. The molecule has 0 unspecified atom stereocenters. The first kappa shape index (κ1) is 9.26. The first-order chi connectivity index (χ1) is 5.83. The van der Waals surface area contributed by atoms with Crippen molar-refractivity contribution in [1.29, 1.82) is 0 Å². The van der Waals surface area contributed by atoms with Crippen molar-refractivity contribution < 1.29 is 0 Å². The van der Waals surface area contributed by atoms with Gasteiger partial charge in [-0.25, -0.2) is 0 Å². The molecular formula is C9H17N3. The van der Waals surface area contributed by atoms with Crippen molar-refractivity contribution in [1.82, 2.24) is 15.1 Å². The van der Waals surface area contributed by atoms with Crippen LogP contribution < -0.4 is 5.32 Å². The van der Waals surface area contributed by atoms with E-state index in [-0.39, 0.29) is 0 Å². The fourth-order valence-electron chi connectivity index (χ4n) is 1.23. The largest absolute Gasteiger partial charge is 0.320 e. The molecule has 0 bridgehead atoms. The van der Waals surface area contributed by atoms with E-state index in [4.69, 9.17) is 0 Å². The lowest BCUT2D eigenvalue weighted by Crippen LogP contribution is -2.07. The molecule has 1 rings (SSSR count). The first-order valence-corrected chi connectivity index (χ1v) is 4.45. The summed E-state index contributed by atoms with van der Waals surface area (Å²) < 4.78 is 1.85. The Morgan fingerprint density at radius 2 is 2.33 bits per heavy atom. The Labute approximate surface area is 73.8 Å². The highest BCUT2D eigenvalue weighted by Gasteiger charge is 1.94. The zero-order valence-electron chi connectivity index (χ0n) is 7.88. The minimum atomic E-state index is 1.11. The van der Waals surface area contributed by atoms with E-state index in [2.05, 4.69) is 16.6 Å². The molecule has 0 aromatic carbocycles. The Balaban J connectivity index is 2.15. The second-order valence-corrected chi connectivity index (χ2v) is 3.08. The Kier molecular flexibility index (Phi) is 3.80. The van der Waals surface area contributed by atoms with E-state index >= 15 is 0 Å². The van der Waals surface area contributed by atoms with E-state index in [0.29, 0.717) is 0 Å². The molecule has 1 aromatic heterocycles. The van der Waals surface area contributed by atoms with Crippen molar-refractivity contribution in [2.45, 2.75) is 19.3 Å². The molecule has 0 saturated heterocycles. The average molecular weight is 167 g/mol. The zero-order valence-corrected chi connectivity index (χ0v) is 7.88. The van der Waals surface area contributed by atoms with Crippen molar-refractivity contribution in [2.24, 2.45) is 7.05 Å². The highest BCUT2D eigenvalue weighted by atomic mass is 15.2. The van der Waals surface area contributed by atoms with E-state index in [1.54, 1.807) is 0 Å². The summed E-state index contributed by atoms with van der Waals surface area (Å²) in [5.41, 5.74) is 1.34. The van der Waals surface area contributed by atoms with Crippen molar-refractivity contribution >= 4 is 0 Å². The van der Waals surface area contributed by atoms with Gasteiger partial charge in [-0.15, -0.1) is 0 Å². The maximum Gasteiger partial charge on any atom is 0.0521 e. The molecule has 0 saturated carbocycles. The number of aromatic nitrogens is 2. The molecule has 1 heterocycles. The zero-order chi connectivity index (χ0) is 8.81. The second-order valence-electron chi connectivity index (χ2n) is 3.08. The van der Waals surface area contributed by atoms with Gasteiger partial charge in [-0.1, -0.05) is 0 Å². The average Bonchev–Trinajstić information content (AvgIpc) is 2.45. The van der Waals surface area contributed by atoms with Crippen LogP contribution in [0.4, 0.5) is 0 Å². The van der Waals surface area contributed by atoms with Gasteiger partial charge >= 0.3 is 0 Å². The van der Waals surface area contributed by atoms with E-state index in [1.807, 2.05) is 25.0 Å². The third-order valence-electron chi connectivity index (χ3n) is 1.90. The van der Waals surface area contributed by atoms with Gasteiger partial charge in [0.25, 0.3) is 0 Å².